The van der Waals surface area contributed by atoms with Crippen LogP contribution in [0.15, 0.2) is 18.2 Å². The predicted molar refractivity (Wildman–Crippen MR) is 90.8 cm³/mol. The normalized spacial score (nSPS) is 21.0. The Balaban J connectivity index is 0.00000242. The second-order valence-corrected chi connectivity index (χ2v) is 7.43. The molecule has 8 heteroatoms. The number of benzene rings is 1. The first-order valence-corrected chi connectivity index (χ1v) is 8.78. The number of hydrogen-bond acceptors (Lipinski definition) is 4. The topological polar surface area (TPSA) is 101 Å². The zero-order chi connectivity index (χ0) is 15.6. The Labute approximate surface area is 137 Å². The van der Waals surface area contributed by atoms with E-state index in [1.165, 1.54) is 0 Å². The standard InChI is InChI=1S/C14H21N3O3S.ClH/c1-9-3-6-12(17-21(2,19)20)13(7-9)16-14(18)10-4-5-11(15)8-10;/h3,6-7,10-11,17H,4-5,8,15H2,1-2H3,(H,16,18);1H. The van der Waals surface area contributed by atoms with E-state index in [0.29, 0.717) is 17.8 Å². The summed E-state index contributed by atoms with van der Waals surface area (Å²) in [5.74, 6) is -0.211. The highest BCUT2D eigenvalue weighted by molar-refractivity contribution is 7.92. The van der Waals surface area contributed by atoms with Gasteiger partial charge in [-0.1, -0.05) is 6.07 Å². The van der Waals surface area contributed by atoms with Crippen molar-refractivity contribution in [1.29, 1.82) is 0 Å². The summed E-state index contributed by atoms with van der Waals surface area (Å²) in [7, 11) is -3.40. The summed E-state index contributed by atoms with van der Waals surface area (Å²) in [4.78, 5) is 12.2. The molecule has 1 aliphatic carbocycles. The van der Waals surface area contributed by atoms with Crippen LogP contribution in [0.25, 0.3) is 0 Å². The van der Waals surface area contributed by atoms with Crippen LogP contribution in [0, 0.1) is 12.8 Å². The van der Waals surface area contributed by atoms with Gasteiger partial charge in [-0.05, 0) is 43.9 Å². The fraction of sp³-hybridized carbons (Fsp3) is 0.500. The van der Waals surface area contributed by atoms with Crippen molar-refractivity contribution in [3.63, 3.8) is 0 Å². The quantitative estimate of drug-likeness (QED) is 0.773. The van der Waals surface area contributed by atoms with Crippen LogP contribution in [0.5, 0.6) is 0 Å². The van der Waals surface area contributed by atoms with Crippen molar-refractivity contribution < 1.29 is 13.2 Å². The molecule has 4 N–H and O–H groups in total. The van der Waals surface area contributed by atoms with Crippen LogP contribution in [0.2, 0.25) is 0 Å². The van der Waals surface area contributed by atoms with Crippen molar-refractivity contribution in [1.82, 2.24) is 0 Å². The third kappa shape index (κ3) is 5.15. The van der Waals surface area contributed by atoms with E-state index in [2.05, 4.69) is 10.0 Å². The molecule has 1 aromatic carbocycles. The number of carbonyl (C=O) groups excluding carboxylic acids is 1. The van der Waals surface area contributed by atoms with Gasteiger partial charge in [-0.3, -0.25) is 9.52 Å². The van der Waals surface area contributed by atoms with Crippen LogP contribution in [0.3, 0.4) is 0 Å². The maximum absolute atomic E-state index is 12.2. The van der Waals surface area contributed by atoms with E-state index in [1.807, 2.05) is 6.92 Å². The lowest BCUT2D eigenvalue weighted by molar-refractivity contribution is -0.119. The first-order valence-electron chi connectivity index (χ1n) is 6.89. The molecule has 1 saturated carbocycles. The molecule has 2 unspecified atom stereocenters. The highest BCUT2D eigenvalue weighted by Crippen LogP contribution is 2.28. The fourth-order valence-electron chi connectivity index (χ4n) is 2.54. The van der Waals surface area contributed by atoms with Crippen LogP contribution in [-0.4, -0.2) is 26.6 Å². The predicted octanol–water partition coefficient (Wildman–Crippen LogP) is 1.85. The Morgan fingerprint density at radius 2 is 1.95 bits per heavy atom. The minimum Gasteiger partial charge on any atom is -0.328 e. The van der Waals surface area contributed by atoms with Gasteiger partial charge in [0, 0.05) is 12.0 Å². The number of anilines is 2. The summed E-state index contributed by atoms with van der Waals surface area (Å²) in [6.07, 6.45) is 3.37. The highest BCUT2D eigenvalue weighted by atomic mass is 35.5. The maximum atomic E-state index is 12.2. The molecule has 2 atom stereocenters. The first-order chi connectivity index (χ1) is 9.74. The summed E-state index contributed by atoms with van der Waals surface area (Å²) < 4.78 is 25.2. The average Bonchev–Trinajstić information content (AvgIpc) is 2.78. The van der Waals surface area contributed by atoms with E-state index in [9.17, 15) is 13.2 Å². The smallest absolute Gasteiger partial charge is 0.229 e. The molecule has 1 aliphatic rings. The molecule has 0 aromatic heterocycles. The maximum Gasteiger partial charge on any atom is 0.229 e. The summed E-state index contributed by atoms with van der Waals surface area (Å²) in [5, 5.41) is 2.82. The molecule has 0 saturated heterocycles. The molecule has 0 aliphatic heterocycles. The van der Waals surface area contributed by atoms with E-state index in [1.54, 1.807) is 18.2 Å². The molecule has 1 aromatic rings. The van der Waals surface area contributed by atoms with Gasteiger partial charge >= 0.3 is 0 Å². The lowest BCUT2D eigenvalue weighted by atomic mass is 10.1. The molecule has 124 valence electrons. The van der Waals surface area contributed by atoms with Crippen molar-refractivity contribution in [2.75, 3.05) is 16.3 Å². The Morgan fingerprint density at radius 3 is 2.50 bits per heavy atom. The molecule has 2 rings (SSSR count). The van der Waals surface area contributed by atoms with Crippen LogP contribution in [0.4, 0.5) is 11.4 Å². The largest absolute Gasteiger partial charge is 0.328 e. The van der Waals surface area contributed by atoms with E-state index in [-0.39, 0.29) is 30.3 Å². The van der Waals surface area contributed by atoms with Crippen molar-refractivity contribution in [3.8, 4) is 0 Å². The number of carbonyl (C=O) groups is 1. The molecule has 1 amide bonds. The van der Waals surface area contributed by atoms with E-state index in [0.717, 1.165) is 24.7 Å². The van der Waals surface area contributed by atoms with Gasteiger partial charge in [0.2, 0.25) is 15.9 Å². The van der Waals surface area contributed by atoms with Crippen molar-refractivity contribution in [3.05, 3.63) is 23.8 Å². The fourth-order valence-corrected chi connectivity index (χ4v) is 3.12. The third-order valence-electron chi connectivity index (χ3n) is 3.57. The van der Waals surface area contributed by atoms with Crippen LogP contribution >= 0.6 is 12.4 Å². The lowest BCUT2D eigenvalue weighted by Crippen LogP contribution is -2.24. The summed E-state index contributed by atoms with van der Waals surface area (Å²) in [5.41, 5.74) is 7.61. The molecular formula is C14H22ClN3O3S. The number of hydrogen-bond donors (Lipinski definition) is 3. The van der Waals surface area contributed by atoms with Crippen molar-refractivity contribution in [2.45, 2.75) is 32.2 Å². The molecule has 0 radical (unpaired) electrons. The lowest BCUT2D eigenvalue weighted by Gasteiger charge is -2.15. The minimum atomic E-state index is -3.40. The summed E-state index contributed by atoms with van der Waals surface area (Å²) in [6, 6.07) is 5.26. The minimum absolute atomic E-state index is 0. The number of nitrogens with two attached hydrogens (primary N) is 1. The molecule has 22 heavy (non-hydrogen) atoms. The SMILES string of the molecule is Cc1ccc(NS(C)(=O)=O)c(NC(=O)C2CCC(N)C2)c1.Cl. The Hall–Kier alpha value is -1.31. The molecule has 0 spiro atoms. The number of nitrogens with one attached hydrogen (secondary N) is 2. The summed E-state index contributed by atoms with van der Waals surface area (Å²) >= 11 is 0. The van der Waals surface area contributed by atoms with Gasteiger partial charge in [-0.25, -0.2) is 8.42 Å². The number of aryl methyl sites for hydroxylation is 1. The monoisotopic (exact) mass is 347 g/mol. The first kappa shape index (κ1) is 18.7. The molecular weight excluding hydrogens is 326 g/mol. The van der Waals surface area contributed by atoms with Crippen LogP contribution in [-0.2, 0) is 14.8 Å². The van der Waals surface area contributed by atoms with Gasteiger partial charge in [0.1, 0.15) is 0 Å². The van der Waals surface area contributed by atoms with E-state index in [4.69, 9.17) is 5.73 Å². The van der Waals surface area contributed by atoms with E-state index < -0.39 is 10.0 Å². The second kappa shape index (κ2) is 7.30. The average molecular weight is 348 g/mol. The Morgan fingerprint density at radius 1 is 1.27 bits per heavy atom. The Kier molecular flexibility index (Phi) is 6.22. The summed E-state index contributed by atoms with van der Waals surface area (Å²) in [6.45, 7) is 1.88. The number of amides is 1. The van der Waals surface area contributed by atoms with Crippen molar-refractivity contribution in [2.24, 2.45) is 11.7 Å². The van der Waals surface area contributed by atoms with Gasteiger partial charge < -0.3 is 11.1 Å². The zero-order valence-corrected chi connectivity index (χ0v) is 14.3. The molecule has 1 fully saturated rings. The number of rotatable bonds is 4. The van der Waals surface area contributed by atoms with Crippen LogP contribution < -0.4 is 15.8 Å². The van der Waals surface area contributed by atoms with Gasteiger partial charge in [0.15, 0.2) is 0 Å². The van der Waals surface area contributed by atoms with Gasteiger partial charge in [-0.15, -0.1) is 12.4 Å². The van der Waals surface area contributed by atoms with Gasteiger partial charge in [0.05, 0.1) is 17.6 Å². The molecule has 0 heterocycles. The highest BCUT2D eigenvalue weighted by Gasteiger charge is 2.28. The Bertz CT molecular complexity index is 649. The van der Waals surface area contributed by atoms with Gasteiger partial charge in [-0.2, -0.15) is 0 Å². The van der Waals surface area contributed by atoms with E-state index >= 15 is 0 Å². The third-order valence-corrected chi connectivity index (χ3v) is 4.16. The number of sulfonamides is 1. The molecule has 6 nitrogen and oxygen atoms in total. The zero-order valence-electron chi connectivity index (χ0n) is 12.6. The van der Waals surface area contributed by atoms with Crippen molar-refractivity contribution >= 4 is 39.7 Å². The van der Waals surface area contributed by atoms with Crippen LogP contribution in [0.1, 0.15) is 24.8 Å². The van der Waals surface area contributed by atoms with Gasteiger partial charge in [0.25, 0.3) is 0 Å². The second-order valence-electron chi connectivity index (χ2n) is 5.68. The number of halogens is 1. The molecule has 0 bridgehead atoms.